The molecule has 0 bridgehead atoms. The normalized spacial score (nSPS) is 9.71. The van der Waals surface area contributed by atoms with Crippen LogP contribution in [0.5, 0.6) is 0 Å². The first-order valence-corrected chi connectivity index (χ1v) is 5.34. The summed E-state index contributed by atoms with van der Waals surface area (Å²) >= 11 is 0. The maximum Gasteiger partial charge on any atom is 0.0991 e. The fraction of sp³-hybridized carbons (Fsp3) is 0.143. The van der Waals surface area contributed by atoms with Crippen molar-refractivity contribution in [3.8, 4) is 17.3 Å². The summed E-state index contributed by atoms with van der Waals surface area (Å²) in [6, 6.07) is 13.6. The zero-order valence-electron chi connectivity index (χ0n) is 9.88. The van der Waals surface area contributed by atoms with Crippen LogP contribution in [0.1, 0.15) is 5.56 Å². The van der Waals surface area contributed by atoms with E-state index in [9.17, 15) is 0 Å². The fourth-order valence-electron chi connectivity index (χ4n) is 1.60. The van der Waals surface area contributed by atoms with E-state index in [1.807, 2.05) is 49.3 Å². The van der Waals surface area contributed by atoms with E-state index >= 15 is 0 Å². The van der Waals surface area contributed by atoms with Crippen molar-refractivity contribution >= 4 is 5.69 Å². The number of aromatic nitrogens is 1. The molecule has 0 fully saturated rings. The minimum Gasteiger partial charge on any atom is -0.378 e. The van der Waals surface area contributed by atoms with Crippen molar-refractivity contribution in [1.29, 1.82) is 5.26 Å². The molecule has 2 rings (SSSR count). The predicted octanol–water partition coefficient (Wildman–Crippen LogP) is 2.69. The zero-order chi connectivity index (χ0) is 12.3. The van der Waals surface area contributed by atoms with Crippen LogP contribution in [0.15, 0.2) is 42.6 Å². The minimum atomic E-state index is 0.652. The van der Waals surface area contributed by atoms with Crippen molar-refractivity contribution in [2.45, 2.75) is 0 Å². The van der Waals surface area contributed by atoms with Gasteiger partial charge in [-0.15, -0.1) is 0 Å². The number of nitrogens with zero attached hydrogens (tertiary/aromatic N) is 3. The molecular weight excluding hydrogens is 210 g/mol. The van der Waals surface area contributed by atoms with Gasteiger partial charge in [-0.25, -0.2) is 0 Å². The van der Waals surface area contributed by atoms with Crippen molar-refractivity contribution in [1.82, 2.24) is 4.98 Å². The van der Waals surface area contributed by atoms with Crippen LogP contribution < -0.4 is 4.90 Å². The second kappa shape index (κ2) is 4.67. The summed E-state index contributed by atoms with van der Waals surface area (Å²) in [5.41, 5.74) is 3.60. The van der Waals surface area contributed by atoms with E-state index in [2.05, 4.69) is 11.1 Å². The largest absolute Gasteiger partial charge is 0.378 e. The second-order valence-electron chi connectivity index (χ2n) is 3.99. The number of rotatable bonds is 2. The Morgan fingerprint density at radius 1 is 1.18 bits per heavy atom. The van der Waals surface area contributed by atoms with Gasteiger partial charge >= 0.3 is 0 Å². The Kier molecular flexibility index (Phi) is 3.06. The van der Waals surface area contributed by atoms with Gasteiger partial charge in [0.25, 0.3) is 0 Å². The number of nitriles is 1. The summed E-state index contributed by atoms with van der Waals surface area (Å²) < 4.78 is 0. The van der Waals surface area contributed by atoms with Gasteiger partial charge in [0.1, 0.15) is 0 Å². The number of hydrogen-bond acceptors (Lipinski definition) is 3. The highest BCUT2D eigenvalue weighted by Gasteiger charge is 2.02. The molecule has 1 heterocycles. The van der Waals surface area contributed by atoms with Gasteiger partial charge in [0, 0.05) is 31.5 Å². The Hall–Kier alpha value is -2.34. The number of benzene rings is 1. The lowest BCUT2D eigenvalue weighted by atomic mass is 10.1. The maximum atomic E-state index is 8.87. The summed E-state index contributed by atoms with van der Waals surface area (Å²) in [4.78, 5) is 6.36. The molecule has 0 saturated carbocycles. The van der Waals surface area contributed by atoms with Crippen LogP contribution in [0.4, 0.5) is 5.69 Å². The highest BCUT2D eigenvalue weighted by molar-refractivity contribution is 5.65. The van der Waals surface area contributed by atoms with E-state index in [1.165, 1.54) is 0 Å². The van der Waals surface area contributed by atoms with Crippen molar-refractivity contribution in [2.75, 3.05) is 19.0 Å². The first kappa shape index (κ1) is 11.2. The van der Waals surface area contributed by atoms with Crippen LogP contribution >= 0.6 is 0 Å². The number of pyridine rings is 1. The molecule has 0 N–H and O–H groups in total. The van der Waals surface area contributed by atoms with Crippen LogP contribution in [0.2, 0.25) is 0 Å². The van der Waals surface area contributed by atoms with Gasteiger partial charge < -0.3 is 4.90 Å². The van der Waals surface area contributed by atoms with Gasteiger partial charge in [-0.1, -0.05) is 12.1 Å². The van der Waals surface area contributed by atoms with Gasteiger partial charge in [0.15, 0.2) is 0 Å². The maximum absolute atomic E-state index is 8.87. The molecule has 0 radical (unpaired) electrons. The molecule has 0 aliphatic carbocycles. The van der Waals surface area contributed by atoms with Crippen LogP contribution in [-0.4, -0.2) is 19.1 Å². The molecule has 0 unspecified atom stereocenters. The van der Waals surface area contributed by atoms with Crippen LogP contribution in [0.25, 0.3) is 11.3 Å². The average Bonchev–Trinajstić information content (AvgIpc) is 2.39. The van der Waals surface area contributed by atoms with E-state index in [-0.39, 0.29) is 0 Å². The summed E-state index contributed by atoms with van der Waals surface area (Å²) in [5, 5.41) is 8.87. The van der Waals surface area contributed by atoms with Gasteiger partial charge in [0.05, 0.1) is 17.3 Å². The molecule has 3 heteroatoms. The standard InChI is InChI=1S/C14H13N3/c1-17(2)13-6-7-16-14(9-13)12-5-3-4-11(8-12)10-15/h3-9H,1-2H3. The van der Waals surface area contributed by atoms with E-state index < -0.39 is 0 Å². The predicted molar refractivity (Wildman–Crippen MR) is 68.7 cm³/mol. The summed E-state index contributed by atoms with van der Waals surface area (Å²) in [5.74, 6) is 0. The quantitative estimate of drug-likeness (QED) is 0.785. The third-order valence-corrected chi connectivity index (χ3v) is 2.55. The number of hydrogen-bond donors (Lipinski definition) is 0. The van der Waals surface area contributed by atoms with E-state index in [0.29, 0.717) is 5.56 Å². The monoisotopic (exact) mass is 223 g/mol. The summed E-state index contributed by atoms with van der Waals surface area (Å²) in [6.07, 6.45) is 1.78. The SMILES string of the molecule is CN(C)c1ccnc(-c2cccc(C#N)c2)c1. The molecule has 1 aromatic carbocycles. The van der Waals surface area contributed by atoms with Gasteiger partial charge in [-0.05, 0) is 24.3 Å². The first-order chi connectivity index (χ1) is 8.20. The minimum absolute atomic E-state index is 0.652. The van der Waals surface area contributed by atoms with E-state index in [1.54, 1.807) is 12.3 Å². The zero-order valence-corrected chi connectivity index (χ0v) is 9.88. The van der Waals surface area contributed by atoms with Crippen molar-refractivity contribution < 1.29 is 0 Å². The Morgan fingerprint density at radius 2 is 2.00 bits per heavy atom. The highest BCUT2D eigenvalue weighted by Crippen LogP contribution is 2.21. The van der Waals surface area contributed by atoms with Gasteiger partial charge in [-0.3, -0.25) is 4.98 Å². The van der Waals surface area contributed by atoms with Crippen LogP contribution in [0, 0.1) is 11.3 Å². The van der Waals surface area contributed by atoms with E-state index in [4.69, 9.17) is 5.26 Å². The smallest absolute Gasteiger partial charge is 0.0991 e. The van der Waals surface area contributed by atoms with Crippen molar-refractivity contribution in [3.05, 3.63) is 48.2 Å². The molecular formula is C14H13N3. The topological polar surface area (TPSA) is 39.9 Å². The second-order valence-corrected chi connectivity index (χ2v) is 3.99. The molecule has 0 atom stereocenters. The molecule has 0 amide bonds. The molecule has 0 aliphatic heterocycles. The molecule has 2 aromatic rings. The molecule has 0 spiro atoms. The van der Waals surface area contributed by atoms with Crippen molar-refractivity contribution in [2.24, 2.45) is 0 Å². The molecule has 17 heavy (non-hydrogen) atoms. The van der Waals surface area contributed by atoms with Crippen LogP contribution in [-0.2, 0) is 0 Å². The Bertz CT molecular complexity index is 568. The number of anilines is 1. The Morgan fingerprint density at radius 3 is 2.71 bits per heavy atom. The lowest BCUT2D eigenvalue weighted by Crippen LogP contribution is -2.08. The first-order valence-electron chi connectivity index (χ1n) is 5.34. The Labute approximate surface area is 101 Å². The molecule has 0 saturated heterocycles. The van der Waals surface area contributed by atoms with Gasteiger partial charge in [-0.2, -0.15) is 5.26 Å². The lowest BCUT2D eigenvalue weighted by molar-refractivity contribution is 1.12. The van der Waals surface area contributed by atoms with Crippen molar-refractivity contribution in [3.63, 3.8) is 0 Å². The van der Waals surface area contributed by atoms with Gasteiger partial charge in [0.2, 0.25) is 0 Å². The third-order valence-electron chi connectivity index (χ3n) is 2.55. The van der Waals surface area contributed by atoms with E-state index in [0.717, 1.165) is 16.9 Å². The third kappa shape index (κ3) is 2.43. The fourth-order valence-corrected chi connectivity index (χ4v) is 1.60. The Balaban J connectivity index is 2.46. The molecule has 1 aromatic heterocycles. The summed E-state index contributed by atoms with van der Waals surface area (Å²) in [7, 11) is 3.98. The molecule has 3 nitrogen and oxygen atoms in total. The average molecular weight is 223 g/mol. The molecule has 0 aliphatic rings. The summed E-state index contributed by atoms with van der Waals surface area (Å²) in [6.45, 7) is 0. The highest BCUT2D eigenvalue weighted by atomic mass is 15.1. The van der Waals surface area contributed by atoms with Crippen LogP contribution in [0.3, 0.4) is 0 Å². The molecule has 84 valence electrons. The lowest BCUT2D eigenvalue weighted by Gasteiger charge is -2.13.